The van der Waals surface area contributed by atoms with Gasteiger partial charge >= 0.3 is 0 Å². The molecule has 0 radical (unpaired) electrons. The number of amides is 1. The number of rotatable bonds is 5. The molecule has 3 rings (SSSR count). The lowest BCUT2D eigenvalue weighted by Crippen LogP contribution is -2.16. The molecule has 0 aliphatic rings. The highest BCUT2D eigenvalue weighted by Gasteiger charge is 2.16. The fourth-order valence-corrected chi connectivity index (χ4v) is 2.88. The Balaban J connectivity index is 1.96. The number of carbonyl (C=O) groups excluding carboxylic acids is 1. The predicted octanol–water partition coefficient (Wildman–Crippen LogP) is 3.37. The number of nitrogens with zero attached hydrogens (tertiary/aromatic N) is 1. The van der Waals surface area contributed by atoms with Crippen LogP contribution in [0.25, 0.3) is 11.1 Å². The zero-order valence-corrected chi connectivity index (χ0v) is 13.8. The number of hydrogen-bond acceptors (Lipinski definition) is 3. The molecule has 6 heteroatoms. The van der Waals surface area contributed by atoms with Crippen LogP contribution in [0.3, 0.4) is 0 Å². The monoisotopic (exact) mass is 353 g/mol. The quantitative estimate of drug-likeness (QED) is 0.738. The molecular formula is C20H17F2N3O. The van der Waals surface area contributed by atoms with Gasteiger partial charge in [0.15, 0.2) is 0 Å². The Morgan fingerprint density at radius 2 is 1.77 bits per heavy atom. The highest BCUT2D eigenvalue weighted by molar-refractivity contribution is 5.94. The van der Waals surface area contributed by atoms with Crippen molar-refractivity contribution >= 4 is 5.91 Å². The first-order valence-electron chi connectivity index (χ1n) is 8.00. The lowest BCUT2D eigenvalue weighted by atomic mass is 9.95. The topological polar surface area (TPSA) is 82.0 Å². The summed E-state index contributed by atoms with van der Waals surface area (Å²) < 4.78 is 26.8. The molecule has 132 valence electrons. The van der Waals surface area contributed by atoms with Crippen molar-refractivity contribution in [2.24, 2.45) is 11.5 Å². The standard InChI is InChI=1S/C20H17F2N3O/c21-15-7-12(8-16(22)11-15)9-18(23)19-17(5-2-6-25-19)13-3-1-4-14(10-13)20(24)26/h1-8,10-11,18H,9,23H2,(H2,24,26)/t18-/m0/s1. The first kappa shape index (κ1) is 17.7. The van der Waals surface area contributed by atoms with E-state index in [0.29, 0.717) is 16.8 Å². The van der Waals surface area contributed by atoms with E-state index in [1.165, 1.54) is 12.1 Å². The van der Waals surface area contributed by atoms with Gasteiger partial charge in [0.05, 0.1) is 11.7 Å². The van der Waals surface area contributed by atoms with E-state index in [2.05, 4.69) is 4.98 Å². The van der Waals surface area contributed by atoms with E-state index >= 15 is 0 Å². The van der Waals surface area contributed by atoms with Gasteiger partial charge in [0.25, 0.3) is 0 Å². The Labute approximate surface area is 149 Å². The molecule has 4 nitrogen and oxygen atoms in total. The SMILES string of the molecule is NC(=O)c1cccc(-c2cccnc2[C@@H](N)Cc2cc(F)cc(F)c2)c1. The van der Waals surface area contributed by atoms with Crippen LogP contribution >= 0.6 is 0 Å². The maximum Gasteiger partial charge on any atom is 0.248 e. The van der Waals surface area contributed by atoms with Gasteiger partial charge in [-0.15, -0.1) is 0 Å². The van der Waals surface area contributed by atoms with Crippen molar-refractivity contribution < 1.29 is 13.6 Å². The van der Waals surface area contributed by atoms with Crippen LogP contribution in [-0.2, 0) is 6.42 Å². The lowest BCUT2D eigenvalue weighted by Gasteiger charge is -2.16. The molecule has 0 fully saturated rings. The molecule has 0 bridgehead atoms. The number of halogens is 2. The molecule has 26 heavy (non-hydrogen) atoms. The van der Waals surface area contributed by atoms with Gasteiger partial charge in [-0.05, 0) is 47.9 Å². The molecule has 0 saturated carbocycles. The molecule has 2 aromatic carbocycles. The summed E-state index contributed by atoms with van der Waals surface area (Å²) in [7, 11) is 0. The summed E-state index contributed by atoms with van der Waals surface area (Å²) in [6, 6.07) is 13.1. The average molecular weight is 353 g/mol. The van der Waals surface area contributed by atoms with E-state index in [1.807, 2.05) is 12.1 Å². The molecule has 1 atom stereocenters. The second-order valence-corrected chi connectivity index (χ2v) is 5.97. The van der Waals surface area contributed by atoms with Gasteiger partial charge in [-0.3, -0.25) is 9.78 Å². The summed E-state index contributed by atoms with van der Waals surface area (Å²) in [6.07, 6.45) is 1.82. The van der Waals surface area contributed by atoms with E-state index in [9.17, 15) is 13.6 Å². The molecule has 0 unspecified atom stereocenters. The number of primary amides is 1. The maximum absolute atomic E-state index is 13.4. The van der Waals surface area contributed by atoms with Crippen LogP contribution in [0.5, 0.6) is 0 Å². The third-order valence-electron chi connectivity index (χ3n) is 4.03. The van der Waals surface area contributed by atoms with Crippen LogP contribution in [0.2, 0.25) is 0 Å². The van der Waals surface area contributed by atoms with E-state index in [0.717, 1.165) is 17.2 Å². The van der Waals surface area contributed by atoms with Crippen molar-refractivity contribution in [1.82, 2.24) is 4.98 Å². The minimum absolute atomic E-state index is 0.216. The molecule has 1 aromatic heterocycles. The Morgan fingerprint density at radius 1 is 1.04 bits per heavy atom. The summed E-state index contributed by atoms with van der Waals surface area (Å²) in [6.45, 7) is 0. The molecule has 0 aliphatic heterocycles. The van der Waals surface area contributed by atoms with Crippen LogP contribution in [0.15, 0.2) is 60.8 Å². The van der Waals surface area contributed by atoms with Crippen LogP contribution in [0.4, 0.5) is 8.78 Å². The van der Waals surface area contributed by atoms with Gasteiger partial charge in [-0.25, -0.2) is 8.78 Å². The van der Waals surface area contributed by atoms with Crippen LogP contribution in [0.1, 0.15) is 27.7 Å². The summed E-state index contributed by atoms with van der Waals surface area (Å²) in [5.41, 5.74) is 14.5. The summed E-state index contributed by atoms with van der Waals surface area (Å²) >= 11 is 0. The Morgan fingerprint density at radius 3 is 2.46 bits per heavy atom. The molecule has 4 N–H and O–H groups in total. The lowest BCUT2D eigenvalue weighted by molar-refractivity contribution is 0.100. The van der Waals surface area contributed by atoms with Crippen LogP contribution < -0.4 is 11.5 Å². The normalized spacial score (nSPS) is 12.0. The summed E-state index contributed by atoms with van der Waals surface area (Å²) in [5.74, 6) is -1.83. The molecule has 0 aliphatic carbocycles. The molecular weight excluding hydrogens is 336 g/mol. The van der Waals surface area contributed by atoms with Gasteiger partial charge in [-0.1, -0.05) is 18.2 Å². The molecule has 1 heterocycles. The predicted molar refractivity (Wildman–Crippen MR) is 95.2 cm³/mol. The van der Waals surface area contributed by atoms with Crippen LogP contribution in [0, 0.1) is 11.6 Å². The minimum atomic E-state index is -0.650. The molecule has 0 saturated heterocycles. The largest absolute Gasteiger partial charge is 0.366 e. The zero-order valence-electron chi connectivity index (χ0n) is 13.8. The number of aromatic nitrogens is 1. The number of benzene rings is 2. The molecule has 1 amide bonds. The average Bonchev–Trinajstić information content (AvgIpc) is 2.61. The zero-order chi connectivity index (χ0) is 18.7. The first-order chi connectivity index (χ1) is 12.4. The second kappa shape index (κ2) is 7.41. The van der Waals surface area contributed by atoms with E-state index in [4.69, 9.17) is 11.5 Å². The smallest absolute Gasteiger partial charge is 0.248 e. The number of nitrogens with two attached hydrogens (primary N) is 2. The van der Waals surface area contributed by atoms with Gasteiger partial charge < -0.3 is 11.5 Å². The molecule has 3 aromatic rings. The number of hydrogen-bond donors (Lipinski definition) is 2. The second-order valence-electron chi connectivity index (χ2n) is 5.97. The van der Waals surface area contributed by atoms with Crippen molar-refractivity contribution in [1.29, 1.82) is 0 Å². The highest BCUT2D eigenvalue weighted by atomic mass is 19.1. The van der Waals surface area contributed by atoms with Gasteiger partial charge in [0.2, 0.25) is 5.91 Å². The first-order valence-corrected chi connectivity index (χ1v) is 8.00. The van der Waals surface area contributed by atoms with E-state index in [-0.39, 0.29) is 6.42 Å². The van der Waals surface area contributed by atoms with E-state index in [1.54, 1.807) is 30.5 Å². The third kappa shape index (κ3) is 3.92. The van der Waals surface area contributed by atoms with Crippen molar-refractivity contribution in [3.8, 4) is 11.1 Å². The fraction of sp³-hybridized carbons (Fsp3) is 0.100. The summed E-state index contributed by atoms with van der Waals surface area (Å²) in [5, 5.41) is 0. The van der Waals surface area contributed by atoms with Crippen molar-refractivity contribution in [2.45, 2.75) is 12.5 Å². The maximum atomic E-state index is 13.4. The minimum Gasteiger partial charge on any atom is -0.366 e. The van der Waals surface area contributed by atoms with Crippen molar-refractivity contribution in [3.63, 3.8) is 0 Å². The molecule has 0 spiro atoms. The Hall–Kier alpha value is -3.12. The number of carbonyl (C=O) groups is 1. The highest BCUT2D eigenvalue weighted by Crippen LogP contribution is 2.28. The Bertz CT molecular complexity index is 939. The van der Waals surface area contributed by atoms with Gasteiger partial charge in [-0.2, -0.15) is 0 Å². The third-order valence-corrected chi connectivity index (χ3v) is 4.03. The van der Waals surface area contributed by atoms with Crippen molar-refractivity contribution in [2.75, 3.05) is 0 Å². The summed E-state index contributed by atoms with van der Waals surface area (Å²) in [4.78, 5) is 15.8. The Kier molecular flexibility index (Phi) is 5.04. The van der Waals surface area contributed by atoms with Gasteiger partial charge in [0, 0.05) is 23.4 Å². The van der Waals surface area contributed by atoms with E-state index < -0.39 is 23.6 Å². The van der Waals surface area contributed by atoms with Crippen LogP contribution in [-0.4, -0.2) is 10.9 Å². The fourth-order valence-electron chi connectivity index (χ4n) is 2.88. The van der Waals surface area contributed by atoms with Crippen molar-refractivity contribution in [3.05, 3.63) is 89.2 Å². The van der Waals surface area contributed by atoms with Gasteiger partial charge in [0.1, 0.15) is 11.6 Å². The number of pyridine rings is 1.